The zero-order valence-corrected chi connectivity index (χ0v) is 13.1. The molecule has 3 aromatic carbocycles. The number of aromatic amines is 1. The number of ether oxygens (including phenoxy) is 1. The number of aromatic carboxylic acids is 1. The maximum Gasteiger partial charge on any atom is 0.335 e. The van der Waals surface area contributed by atoms with Crippen LogP contribution in [0.15, 0.2) is 72.8 Å². The van der Waals surface area contributed by atoms with Gasteiger partial charge in [0.25, 0.3) is 0 Å². The fraction of sp³-hybridized carbons (Fsp3) is 0. The van der Waals surface area contributed by atoms with Crippen LogP contribution in [0.25, 0.3) is 22.4 Å². The molecule has 0 atom stereocenters. The van der Waals surface area contributed by atoms with E-state index < -0.39 is 5.97 Å². The third-order valence-corrected chi connectivity index (χ3v) is 3.82. The molecule has 1 aromatic heterocycles. The van der Waals surface area contributed by atoms with Crippen LogP contribution >= 0.6 is 0 Å². The molecule has 0 radical (unpaired) electrons. The summed E-state index contributed by atoms with van der Waals surface area (Å²) in [4.78, 5) is 18.8. The quantitative estimate of drug-likeness (QED) is 0.568. The number of carbonyl (C=O) groups is 1. The molecule has 0 aliphatic rings. The van der Waals surface area contributed by atoms with Crippen molar-refractivity contribution in [2.75, 3.05) is 0 Å². The number of H-pyrrole nitrogens is 1. The lowest BCUT2D eigenvalue weighted by atomic mass is 10.2. The third kappa shape index (κ3) is 3.07. The Labute approximate surface area is 143 Å². The molecule has 0 fully saturated rings. The van der Waals surface area contributed by atoms with Gasteiger partial charge in [0.05, 0.1) is 16.6 Å². The number of carboxylic acids is 1. The van der Waals surface area contributed by atoms with Gasteiger partial charge in [-0.05, 0) is 42.5 Å². The van der Waals surface area contributed by atoms with E-state index in [1.165, 1.54) is 0 Å². The lowest BCUT2D eigenvalue weighted by molar-refractivity contribution is 0.0697. The minimum Gasteiger partial charge on any atom is -0.478 e. The number of fused-ring (bicyclic) bond motifs is 1. The first kappa shape index (κ1) is 15.0. The Balaban J connectivity index is 1.68. The van der Waals surface area contributed by atoms with Crippen molar-refractivity contribution in [2.45, 2.75) is 0 Å². The molecule has 25 heavy (non-hydrogen) atoms. The third-order valence-electron chi connectivity index (χ3n) is 3.82. The Morgan fingerprint density at radius 3 is 2.52 bits per heavy atom. The Morgan fingerprint density at radius 2 is 1.72 bits per heavy atom. The SMILES string of the molecule is O=C(O)c1ccc2nc(-c3cccc(Oc4ccccc4)c3)[nH]c2c1. The first-order valence-electron chi connectivity index (χ1n) is 7.75. The number of aromatic nitrogens is 2. The van der Waals surface area contributed by atoms with Crippen molar-refractivity contribution in [1.29, 1.82) is 0 Å². The van der Waals surface area contributed by atoms with Crippen LogP contribution in [0.5, 0.6) is 11.5 Å². The molecule has 0 saturated carbocycles. The molecule has 5 heteroatoms. The first-order chi connectivity index (χ1) is 12.2. The van der Waals surface area contributed by atoms with Crippen molar-refractivity contribution in [3.05, 3.63) is 78.4 Å². The molecule has 4 rings (SSSR count). The second-order valence-corrected chi connectivity index (χ2v) is 5.57. The van der Waals surface area contributed by atoms with Crippen LogP contribution in [0, 0.1) is 0 Å². The zero-order chi connectivity index (χ0) is 17.2. The molecule has 0 amide bonds. The van der Waals surface area contributed by atoms with E-state index in [0.717, 1.165) is 16.8 Å². The highest BCUT2D eigenvalue weighted by atomic mass is 16.5. The zero-order valence-electron chi connectivity index (χ0n) is 13.1. The van der Waals surface area contributed by atoms with Gasteiger partial charge in [0.1, 0.15) is 17.3 Å². The number of carboxylic acid groups (broad SMARTS) is 1. The van der Waals surface area contributed by atoms with Crippen LogP contribution in [0.2, 0.25) is 0 Å². The van der Waals surface area contributed by atoms with E-state index in [1.807, 2.05) is 54.6 Å². The molecule has 0 bridgehead atoms. The van der Waals surface area contributed by atoms with Gasteiger partial charge in [0.2, 0.25) is 0 Å². The smallest absolute Gasteiger partial charge is 0.335 e. The van der Waals surface area contributed by atoms with E-state index in [0.29, 0.717) is 17.1 Å². The number of para-hydroxylation sites is 1. The van der Waals surface area contributed by atoms with Crippen LogP contribution in [-0.2, 0) is 0 Å². The average molecular weight is 330 g/mol. The number of nitrogens with one attached hydrogen (secondary N) is 1. The number of nitrogens with zero attached hydrogens (tertiary/aromatic N) is 1. The highest BCUT2D eigenvalue weighted by Crippen LogP contribution is 2.27. The Morgan fingerprint density at radius 1 is 0.920 bits per heavy atom. The van der Waals surface area contributed by atoms with Gasteiger partial charge in [-0.15, -0.1) is 0 Å². The maximum absolute atomic E-state index is 11.1. The summed E-state index contributed by atoms with van der Waals surface area (Å²) in [5, 5.41) is 9.09. The number of rotatable bonds is 4. The van der Waals surface area contributed by atoms with Gasteiger partial charge < -0.3 is 14.8 Å². The largest absolute Gasteiger partial charge is 0.478 e. The summed E-state index contributed by atoms with van der Waals surface area (Å²) < 4.78 is 5.85. The number of benzene rings is 3. The van der Waals surface area contributed by atoms with E-state index in [2.05, 4.69) is 9.97 Å². The van der Waals surface area contributed by atoms with Crippen LogP contribution in [-0.4, -0.2) is 21.0 Å². The molecule has 5 nitrogen and oxygen atoms in total. The second-order valence-electron chi connectivity index (χ2n) is 5.57. The molecule has 122 valence electrons. The van der Waals surface area contributed by atoms with Crippen molar-refractivity contribution in [1.82, 2.24) is 9.97 Å². The van der Waals surface area contributed by atoms with Crippen LogP contribution < -0.4 is 4.74 Å². The molecule has 0 aliphatic carbocycles. The second kappa shape index (κ2) is 6.13. The van der Waals surface area contributed by atoms with Crippen LogP contribution in [0.4, 0.5) is 0 Å². The maximum atomic E-state index is 11.1. The van der Waals surface area contributed by atoms with Gasteiger partial charge in [-0.25, -0.2) is 9.78 Å². The average Bonchev–Trinajstić information content (AvgIpc) is 3.06. The highest BCUT2D eigenvalue weighted by Gasteiger charge is 2.09. The first-order valence-corrected chi connectivity index (χ1v) is 7.75. The summed E-state index contributed by atoms with van der Waals surface area (Å²) in [5.74, 6) is 1.16. The molecule has 0 saturated heterocycles. The van der Waals surface area contributed by atoms with Gasteiger partial charge in [0, 0.05) is 5.56 Å². The van der Waals surface area contributed by atoms with E-state index in [4.69, 9.17) is 9.84 Å². The number of hydrogen-bond donors (Lipinski definition) is 2. The van der Waals surface area contributed by atoms with E-state index in [9.17, 15) is 4.79 Å². The Hall–Kier alpha value is -3.60. The standard InChI is InChI=1S/C20H14N2O3/c23-20(24)14-9-10-17-18(12-14)22-19(21-17)13-5-4-8-16(11-13)25-15-6-2-1-3-7-15/h1-12H,(H,21,22)(H,23,24). The van der Waals surface area contributed by atoms with E-state index in [-0.39, 0.29) is 5.56 Å². The van der Waals surface area contributed by atoms with Crippen LogP contribution in [0.1, 0.15) is 10.4 Å². The van der Waals surface area contributed by atoms with Crippen molar-refractivity contribution >= 4 is 17.0 Å². The van der Waals surface area contributed by atoms with E-state index >= 15 is 0 Å². The summed E-state index contributed by atoms with van der Waals surface area (Å²) in [6.07, 6.45) is 0. The van der Waals surface area contributed by atoms with Crippen molar-refractivity contribution in [3.63, 3.8) is 0 Å². The summed E-state index contributed by atoms with van der Waals surface area (Å²) in [6, 6.07) is 22.0. The molecular weight excluding hydrogens is 316 g/mol. The minimum atomic E-state index is -0.962. The molecular formula is C20H14N2O3. The minimum absolute atomic E-state index is 0.226. The van der Waals surface area contributed by atoms with E-state index in [1.54, 1.807) is 18.2 Å². The Kier molecular flexibility index (Phi) is 3.67. The van der Waals surface area contributed by atoms with Gasteiger partial charge in [-0.2, -0.15) is 0 Å². The van der Waals surface area contributed by atoms with Gasteiger partial charge >= 0.3 is 5.97 Å². The van der Waals surface area contributed by atoms with Crippen molar-refractivity contribution < 1.29 is 14.6 Å². The molecule has 1 heterocycles. The normalized spacial score (nSPS) is 10.7. The summed E-state index contributed by atoms with van der Waals surface area (Å²) in [5.41, 5.74) is 2.49. The van der Waals surface area contributed by atoms with Crippen LogP contribution in [0.3, 0.4) is 0 Å². The fourth-order valence-electron chi connectivity index (χ4n) is 2.61. The molecule has 0 unspecified atom stereocenters. The highest BCUT2D eigenvalue weighted by molar-refractivity contribution is 5.93. The Bertz CT molecular complexity index is 1050. The number of hydrogen-bond acceptors (Lipinski definition) is 3. The summed E-state index contributed by atoms with van der Waals surface area (Å²) in [7, 11) is 0. The van der Waals surface area contributed by atoms with Gasteiger partial charge in [0.15, 0.2) is 0 Å². The topological polar surface area (TPSA) is 75.2 Å². The molecule has 0 aliphatic heterocycles. The monoisotopic (exact) mass is 330 g/mol. The van der Waals surface area contributed by atoms with Crippen molar-refractivity contribution in [2.24, 2.45) is 0 Å². The lowest BCUT2D eigenvalue weighted by Gasteiger charge is -2.06. The lowest BCUT2D eigenvalue weighted by Crippen LogP contribution is -1.94. The van der Waals surface area contributed by atoms with Gasteiger partial charge in [-0.3, -0.25) is 0 Å². The van der Waals surface area contributed by atoms with Crippen molar-refractivity contribution in [3.8, 4) is 22.9 Å². The summed E-state index contributed by atoms with van der Waals surface area (Å²) in [6.45, 7) is 0. The predicted octanol–water partition coefficient (Wildman–Crippen LogP) is 4.72. The predicted molar refractivity (Wildman–Crippen MR) is 95.0 cm³/mol. The molecule has 2 N–H and O–H groups in total. The molecule has 4 aromatic rings. The number of imidazole rings is 1. The molecule has 0 spiro atoms. The fourth-order valence-corrected chi connectivity index (χ4v) is 2.61. The summed E-state index contributed by atoms with van der Waals surface area (Å²) >= 11 is 0. The van der Waals surface area contributed by atoms with Gasteiger partial charge in [-0.1, -0.05) is 30.3 Å².